The molecule has 0 aliphatic carbocycles. The highest BCUT2D eigenvalue weighted by Gasteiger charge is 2.20. The smallest absolute Gasteiger partial charge is 0.245 e. The largest absolute Gasteiger partial charge is 0.326 e. The Balaban J connectivity index is 2.10. The van der Waals surface area contributed by atoms with Crippen LogP contribution in [-0.4, -0.2) is 33.0 Å². The van der Waals surface area contributed by atoms with Crippen molar-refractivity contribution in [2.24, 2.45) is 0 Å². The van der Waals surface area contributed by atoms with E-state index in [0.717, 1.165) is 22.5 Å². The zero-order valence-corrected chi connectivity index (χ0v) is 16.3. The summed E-state index contributed by atoms with van der Waals surface area (Å²) in [7, 11) is -3.62. The summed E-state index contributed by atoms with van der Waals surface area (Å²) in [4.78, 5) is 23.4. The van der Waals surface area contributed by atoms with Gasteiger partial charge in [-0.1, -0.05) is 19.1 Å². The molecule has 7 nitrogen and oxygen atoms in total. The average molecular weight is 389 g/mol. The van der Waals surface area contributed by atoms with Crippen LogP contribution in [0.25, 0.3) is 0 Å². The van der Waals surface area contributed by atoms with Crippen LogP contribution in [0.5, 0.6) is 0 Å². The molecule has 2 aromatic carbocycles. The molecule has 27 heavy (non-hydrogen) atoms. The molecule has 2 amide bonds. The Morgan fingerprint density at radius 1 is 0.926 bits per heavy atom. The van der Waals surface area contributed by atoms with Gasteiger partial charge in [0.05, 0.1) is 11.9 Å². The van der Waals surface area contributed by atoms with Crippen molar-refractivity contribution < 1.29 is 18.0 Å². The second-order valence-electron chi connectivity index (χ2n) is 6.10. The number of hydrogen-bond acceptors (Lipinski definition) is 4. The van der Waals surface area contributed by atoms with Crippen molar-refractivity contribution >= 4 is 38.9 Å². The Bertz CT molecular complexity index is 907. The summed E-state index contributed by atoms with van der Waals surface area (Å²) >= 11 is 0. The lowest BCUT2D eigenvalue weighted by atomic mass is 10.1. The molecule has 0 bridgehead atoms. The van der Waals surface area contributed by atoms with Gasteiger partial charge in [0.25, 0.3) is 0 Å². The first-order valence-corrected chi connectivity index (χ1v) is 10.3. The summed E-state index contributed by atoms with van der Waals surface area (Å²) in [5.41, 5.74) is 2.62. The molecule has 0 aromatic heterocycles. The third-order valence-corrected chi connectivity index (χ3v) is 4.95. The number of aryl methyl sites for hydroxylation is 1. The van der Waals surface area contributed by atoms with E-state index < -0.39 is 15.9 Å². The van der Waals surface area contributed by atoms with Gasteiger partial charge in [-0.05, 0) is 48.4 Å². The van der Waals surface area contributed by atoms with Gasteiger partial charge in [-0.15, -0.1) is 0 Å². The molecule has 0 atom stereocenters. The number of nitrogens with one attached hydrogen (secondary N) is 2. The van der Waals surface area contributed by atoms with Crippen molar-refractivity contribution in [3.63, 3.8) is 0 Å². The SMILES string of the molecule is CCc1ccc(N(CC(=O)Nc2ccc(NC(C)=O)cc2)S(C)(=O)=O)cc1. The molecule has 0 aliphatic rings. The third-order valence-electron chi connectivity index (χ3n) is 3.81. The van der Waals surface area contributed by atoms with Crippen LogP contribution >= 0.6 is 0 Å². The minimum Gasteiger partial charge on any atom is -0.326 e. The Kier molecular flexibility index (Phi) is 6.57. The molecule has 0 spiro atoms. The van der Waals surface area contributed by atoms with Crippen molar-refractivity contribution in [3.8, 4) is 0 Å². The highest BCUT2D eigenvalue weighted by atomic mass is 32.2. The van der Waals surface area contributed by atoms with E-state index in [-0.39, 0.29) is 12.5 Å². The number of amides is 2. The lowest BCUT2D eigenvalue weighted by Gasteiger charge is -2.22. The van der Waals surface area contributed by atoms with Gasteiger partial charge in [-0.3, -0.25) is 13.9 Å². The van der Waals surface area contributed by atoms with Gasteiger partial charge in [0, 0.05) is 18.3 Å². The maximum absolute atomic E-state index is 12.3. The van der Waals surface area contributed by atoms with Gasteiger partial charge in [-0.25, -0.2) is 8.42 Å². The maximum atomic E-state index is 12.3. The first kappa shape index (κ1) is 20.4. The first-order chi connectivity index (χ1) is 12.7. The third kappa shape index (κ3) is 6.10. The molecule has 0 aliphatic heterocycles. The van der Waals surface area contributed by atoms with E-state index in [9.17, 15) is 18.0 Å². The molecule has 2 rings (SSSR count). The lowest BCUT2D eigenvalue weighted by molar-refractivity contribution is -0.115. The zero-order valence-electron chi connectivity index (χ0n) is 15.5. The number of nitrogens with zero attached hydrogens (tertiary/aromatic N) is 1. The summed E-state index contributed by atoms with van der Waals surface area (Å²) in [6.45, 7) is 3.08. The molecule has 0 heterocycles. The average Bonchev–Trinajstić information content (AvgIpc) is 2.60. The van der Waals surface area contributed by atoms with E-state index in [4.69, 9.17) is 0 Å². The van der Waals surface area contributed by atoms with E-state index in [1.54, 1.807) is 36.4 Å². The second kappa shape index (κ2) is 8.68. The van der Waals surface area contributed by atoms with Crippen molar-refractivity contribution in [1.29, 1.82) is 0 Å². The molecule has 0 radical (unpaired) electrons. The second-order valence-corrected chi connectivity index (χ2v) is 8.00. The molecule has 2 aromatic rings. The fourth-order valence-electron chi connectivity index (χ4n) is 2.47. The number of carbonyl (C=O) groups excluding carboxylic acids is 2. The number of carbonyl (C=O) groups is 2. The fourth-order valence-corrected chi connectivity index (χ4v) is 3.33. The Hall–Kier alpha value is -2.87. The molecular formula is C19H23N3O4S. The van der Waals surface area contributed by atoms with Gasteiger partial charge in [0.1, 0.15) is 6.54 Å². The van der Waals surface area contributed by atoms with Crippen LogP contribution in [0.4, 0.5) is 17.1 Å². The van der Waals surface area contributed by atoms with Crippen LogP contribution in [0, 0.1) is 0 Å². The van der Waals surface area contributed by atoms with Gasteiger partial charge >= 0.3 is 0 Å². The topological polar surface area (TPSA) is 95.6 Å². The van der Waals surface area contributed by atoms with Crippen LogP contribution in [0.15, 0.2) is 48.5 Å². The van der Waals surface area contributed by atoms with E-state index in [1.807, 2.05) is 19.1 Å². The van der Waals surface area contributed by atoms with Crippen LogP contribution in [0.2, 0.25) is 0 Å². The Morgan fingerprint density at radius 3 is 1.89 bits per heavy atom. The number of rotatable bonds is 7. The predicted octanol–water partition coefficient (Wildman–Crippen LogP) is 2.61. The van der Waals surface area contributed by atoms with E-state index >= 15 is 0 Å². The predicted molar refractivity (Wildman–Crippen MR) is 107 cm³/mol. The fraction of sp³-hybridized carbons (Fsp3) is 0.263. The van der Waals surface area contributed by atoms with Crippen LogP contribution in [0.1, 0.15) is 19.4 Å². The molecule has 0 saturated heterocycles. The Labute approximate surface area is 159 Å². The molecule has 0 fully saturated rings. The van der Waals surface area contributed by atoms with Gasteiger partial charge in [0.2, 0.25) is 21.8 Å². The number of benzene rings is 2. The summed E-state index contributed by atoms with van der Waals surface area (Å²) in [5, 5.41) is 5.29. The zero-order chi connectivity index (χ0) is 20.0. The standard InChI is InChI=1S/C19H23N3O4S/c1-4-15-5-11-18(12-6-15)22(27(3,25)26)13-19(24)21-17-9-7-16(8-10-17)20-14(2)23/h5-12H,4,13H2,1-3H3,(H,20,23)(H,21,24). The van der Waals surface area contributed by atoms with E-state index in [2.05, 4.69) is 10.6 Å². The maximum Gasteiger partial charge on any atom is 0.245 e. The van der Waals surface area contributed by atoms with Crippen molar-refractivity contribution in [3.05, 3.63) is 54.1 Å². The molecule has 0 saturated carbocycles. The lowest BCUT2D eigenvalue weighted by Crippen LogP contribution is -2.37. The molecule has 0 unspecified atom stereocenters. The highest BCUT2D eigenvalue weighted by molar-refractivity contribution is 7.92. The van der Waals surface area contributed by atoms with Crippen molar-refractivity contribution in [2.45, 2.75) is 20.3 Å². The van der Waals surface area contributed by atoms with Gasteiger partial charge < -0.3 is 10.6 Å². The van der Waals surface area contributed by atoms with Crippen LogP contribution in [-0.2, 0) is 26.0 Å². The molecule has 8 heteroatoms. The van der Waals surface area contributed by atoms with Gasteiger partial charge in [-0.2, -0.15) is 0 Å². The highest BCUT2D eigenvalue weighted by Crippen LogP contribution is 2.19. The summed E-state index contributed by atoms with van der Waals surface area (Å²) in [5.74, 6) is -0.656. The minimum atomic E-state index is -3.62. The Morgan fingerprint density at radius 2 is 1.44 bits per heavy atom. The van der Waals surface area contributed by atoms with Crippen LogP contribution in [0.3, 0.4) is 0 Å². The molecule has 144 valence electrons. The molecular weight excluding hydrogens is 366 g/mol. The molecule has 2 N–H and O–H groups in total. The van der Waals surface area contributed by atoms with Gasteiger partial charge in [0.15, 0.2) is 0 Å². The quantitative estimate of drug-likeness (QED) is 0.761. The van der Waals surface area contributed by atoms with Crippen molar-refractivity contribution in [1.82, 2.24) is 0 Å². The summed E-state index contributed by atoms with van der Waals surface area (Å²) in [6, 6.07) is 13.6. The normalized spacial score (nSPS) is 10.9. The van der Waals surface area contributed by atoms with E-state index in [0.29, 0.717) is 17.1 Å². The summed E-state index contributed by atoms with van der Waals surface area (Å²) < 4.78 is 25.3. The van der Waals surface area contributed by atoms with Crippen LogP contribution < -0.4 is 14.9 Å². The van der Waals surface area contributed by atoms with Crippen molar-refractivity contribution in [2.75, 3.05) is 27.7 Å². The number of hydrogen-bond donors (Lipinski definition) is 2. The first-order valence-electron chi connectivity index (χ1n) is 8.43. The monoisotopic (exact) mass is 389 g/mol. The minimum absolute atomic E-state index is 0.190. The van der Waals surface area contributed by atoms with E-state index in [1.165, 1.54) is 6.92 Å². The number of anilines is 3. The number of sulfonamides is 1. The summed E-state index contributed by atoms with van der Waals surface area (Å²) in [6.07, 6.45) is 1.91.